The van der Waals surface area contributed by atoms with Gasteiger partial charge in [0.2, 0.25) is 11.8 Å². The third kappa shape index (κ3) is 5.80. The molecule has 1 unspecified atom stereocenters. The van der Waals surface area contributed by atoms with Crippen LogP contribution in [-0.4, -0.2) is 55.0 Å². The van der Waals surface area contributed by atoms with E-state index in [1.807, 2.05) is 17.9 Å². The van der Waals surface area contributed by atoms with Crippen molar-refractivity contribution in [3.05, 3.63) is 55.7 Å². The van der Waals surface area contributed by atoms with Gasteiger partial charge >= 0.3 is 0 Å². The molecule has 0 saturated heterocycles. The number of carbonyl (C=O) groups is 2. The summed E-state index contributed by atoms with van der Waals surface area (Å²) < 4.78 is 5.16. The number of hydrogen-bond donors (Lipinski definition) is 0. The Balaban J connectivity index is 1.87. The molecule has 1 aliphatic rings. The quantitative estimate of drug-likeness (QED) is 0.493. The van der Waals surface area contributed by atoms with Gasteiger partial charge in [0.15, 0.2) is 0 Å². The van der Waals surface area contributed by atoms with Gasteiger partial charge in [-0.25, -0.2) is 0 Å². The summed E-state index contributed by atoms with van der Waals surface area (Å²) >= 11 is 14.4. The van der Waals surface area contributed by atoms with Crippen molar-refractivity contribution >= 4 is 46.4 Å². The Bertz CT molecular complexity index is 918. The predicted octanol–water partition coefficient (Wildman–Crippen LogP) is 5.19. The maximum absolute atomic E-state index is 13.5. The zero-order valence-corrected chi connectivity index (χ0v) is 20.2. The van der Waals surface area contributed by atoms with Gasteiger partial charge in [0, 0.05) is 41.5 Å². The molecule has 31 heavy (non-hydrogen) atoms. The molecule has 5 nitrogen and oxygen atoms in total. The molecular weight excluding hydrogens is 455 g/mol. The van der Waals surface area contributed by atoms with Gasteiger partial charge in [0.05, 0.1) is 19.2 Å². The van der Waals surface area contributed by atoms with Crippen LogP contribution in [0.15, 0.2) is 29.6 Å². The van der Waals surface area contributed by atoms with Crippen molar-refractivity contribution in [1.82, 2.24) is 9.80 Å². The molecule has 8 heteroatoms. The molecule has 0 N–H and O–H groups in total. The molecular formula is C23H28Cl2N2O3S. The van der Waals surface area contributed by atoms with E-state index in [0.29, 0.717) is 36.2 Å². The van der Waals surface area contributed by atoms with Gasteiger partial charge in [-0.15, -0.1) is 11.3 Å². The largest absolute Gasteiger partial charge is 0.383 e. The van der Waals surface area contributed by atoms with Crippen LogP contribution in [0.3, 0.4) is 0 Å². The Kier molecular flexibility index (Phi) is 8.78. The zero-order chi connectivity index (χ0) is 22.4. The predicted molar refractivity (Wildman–Crippen MR) is 126 cm³/mol. The summed E-state index contributed by atoms with van der Waals surface area (Å²) in [6.45, 7) is 3.45. The first-order chi connectivity index (χ1) is 15.0. The first kappa shape index (κ1) is 24.1. The SMILES string of the molecule is CCCCC(=O)N(CCOC)CC(=O)N1CCc2sccc2C1c1ccc(Cl)cc1Cl. The highest BCUT2D eigenvalue weighted by Gasteiger charge is 2.35. The van der Waals surface area contributed by atoms with Crippen molar-refractivity contribution in [2.45, 2.75) is 38.6 Å². The van der Waals surface area contributed by atoms with E-state index in [-0.39, 0.29) is 24.4 Å². The number of benzene rings is 1. The smallest absolute Gasteiger partial charge is 0.242 e. The van der Waals surface area contributed by atoms with Crippen LogP contribution in [0.5, 0.6) is 0 Å². The zero-order valence-electron chi connectivity index (χ0n) is 17.9. The second kappa shape index (κ2) is 11.3. The van der Waals surface area contributed by atoms with E-state index in [2.05, 4.69) is 11.4 Å². The molecule has 0 spiro atoms. The van der Waals surface area contributed by atoms with Crippen LogP contribution in [-0.2, 0) is 20.7 Å². The van der Waals surface area contributed by atoms with Gasteiger partial charge in [0.25, 0.3) is 0 Å². The monoisotopic (exact) mass is 482 g/mol. The third-order valence-electron chi connectivity index (χ3n) is 5.53. The summed E-state index contributed by atoms with van der Waals surface area (Å²) in [7, 11) is 1.60. The lowest BCUT2D eigenvalue weighted by atomic mass is 9.93. The topological polar surface area (TPSA) is 49.9 Å². The van der Waals surface area contributed by atoms with Crippen LogP contribution < -0.4 is 0 Å². The molecule has 2 aromatic rings. The average Bonchev–Trinajstić information content (AvgIpc) is 3.23. The minimum absolute atomic E-state index is 0.0124. The lowest BCUT2D eigenvalue weighted by Gasteiger charge is -2.38. The number of methoxy groups -OCH3 is 1. The molecule has 1 atom stereocenters. The fourth-order valence-electron chi connectivity index (χ4n) is 3.88. The highest BCUT2D eigenvalue weighted by molar-refractivity contribution is 7.10. The summed E-state index contributed by atoms with van der Waals surface area (Å²) in [5, 5.41) is 3.14. The van der Waals surface area contributed by atoms with E-state index >= 15 is 0 Å². The van der Waals surface area contributed by atoms with Crippen LogP contribution >= 0.6 is 34.5 Å². The number of amides is 2. The number of carbonyl (C=O) groups excluding carboxylic acids is 2. The summed E-state index contributed by atoms with van der Waals surface area (Å²) in [5.41, 5.74) is 1.94. The minimum atomic E-state index is -0.290. The maximum Gasteiger partial charge on any atom is 0.242 e. The molecule has 0 saturated carbocycles. The molecule has 0 fully saturated rings. The van der Waals surface area contributed by atoms with Crippen molar-refractivity contribution in [3.8, 4) is 0 Å². The van der Waals surface area contributed by atoms with E-state index in [4.69, 9.17) is 27.9 Å². The van der Waals surface area contributed by atoms with Gasteiger partial charge in [-0.3, -0.25) is 9.59 Å². The Morgan fingerprint density at radius 2 is 2.06 bits per heavy atom. The third-order valence-corrected chi connectivity index (χ3v) is 7.09. The molecule has 0 radical (unpaired) electrons. The molecule has 0 aliphatic carbocycles. The summed E-state index contributed by atoms with van der Waals surface area (Å²) in [5.74, 6) is -0.102. The van der Waals surface area contributed by atoms with Gasteiger partial charge in [-0.2, -0.15) is 0 Å². The highest BCUT2D eigenvalue weighted by Crippen LogP contribution is 2.41. The van der Waals surface area contributed by atoms with E-state index in [0.717, 1.165) is 30.4 Å². The second-order valence-corrected chi connectivity index (χ2v) is 9.46. The number of nitrogens with zero attached hydrogens (tertiary/aromatic N) is 2. The van der Waals surface area contributed by atoms with Crippen molar-refractivity contribution in [2.75, 3.05) is 33.4 Å². The molecule has 1 aromatic carbocycles. The minimum Gasteiger partial charge on any atom is -0.383 e. The van der Waals surface area contributed by atoms with Crippen molar-refractivity contribution < 1.29 is 14.3 Å². The van der Waals surface area contributed by atoms with E-state index in [9.17, 15) is 9.59 Å². The van der Waals surface area contributed by atoms with Crippen LogP contribution in [0.4, 0.5) is 0 Å². The number of ether oxygens (including phenoxy) is 1. The Morgan fingerprint density at radius 3 is 2.77 bits per heavy atom. The molecule has 0 bridgehead atoms. The van der Waals surface area contributed by atoms with Crippen LogP contribution in [0.2, 0.25) is 10.0 Å². The maximum atomic E-state index is 13.5. The Morgan fingerprint density at radius 1 is 1.26 bits per heavy atom. The Hall–Kier alpha value is -1.60. The summed E-state index contributed by atoms with van der Waals surface area (Å²) in [6, 6.07) is 7.16. The number of unbranched alkanes of at least 4 members (excludes halogenated alkanes) is 1. The molecule has 1 aliphatic heterocycles. The van der Waals surface area contributed by atoms with Gasteiger partial charge < -0.3 is 14.5 Å². The molecule has 2 heterocycles. The highest BCUT2D eigenvalue weighted by atomic mass is 35.5. The van der Waals surface area contributed by atoms with Crippen LogP contribution in [0, 0.1) is 0 Å². The first-order valence-corrected chi connectivity index (χ1v) is 12.2. The van der Waals surface area contributed by atoms with Gasteiger partial charge in [0.1, 0.15) is 0 Å². The number of rotatable bonds is 9. The van der Waals surface area contributed by atoms with Crippen molar-refractivity contribution in [2.24, 2.45) is 0 Å². The summed E-state index contributed by atoms with van der Waals surface area (Å²) in [6.07, 6.45) is 2.97. The van der Waals surface area contributed by atoms with Crippen LogP contribution in [0.1, 0.15) is 48.2 Å². The lowest BCUT2D eigenvalue weighted by molar-refractivity contribution is -0.142. The van der Waals surface area contributed by atoms with Crippen molar-refractivity contribution in [3.63, 3.8) is 0 Å². The molecule has 1 aromatic heterocycles. The van der Waals surface area contributed by atoms with E-state index < -0.39 is 0 Å². The lowest BCUT2D eigenvalue weighted by Crippen LogP contribution is -2.47. The number of thiophene rings is 1. The molecule has 2 amide bonds. The first-order valence-electron chi connectivity index (χ1n) is 10.5. The number of fused-ring (bicyclic) bond motifs is 1. The fraction of sp³-hybridized carbons (Fsp3) is 0.478. The standard InChI is InChI=1S/C23H28Cl2N2O3S/c1-3-4-5-21(28)26(11-12-30-2)15-22(29)27-10-8-20-18(9-13-31-20)23(27)17-7-6-16(24)14-19(17)25/h6-7,9,13-14,23H,3-5,8,10-12,15H2,1-2H3. The number of halogens is 2. The second-order valence-electron chi connectivity index (χ2n) is 7.62. The molecule has 3 rings (SSSR count). The van der Waals surface area contributed by atoms with Crippen LogP contribution in [0.25, 0.3) is 0 Å². The number of hydrogen-bond acceptors (Lipinski definition) is 4. The molecule has 168 valence electrons. The fourth-order valence-corrected chi connectivity index (χ4v) is 5.29. The summed E-state index contributed by atoms with van der Waals surface area (Å²) in [4.78, 5) is 30.9. The van der Waals surface area contributed by atoms with Gasteiger partial charge in [-0.1, -0.05) is 42.6 Å². The normalized spacial score (nSPS) is 15.6. The Labute approximate surface area is 197 Å². The van der Waals surface area contributed by atoms with E-state index in [1.54, 1.807) is 35.5 Å². The average molecular weight is 483 g/mol. The van der Waals surface area contributed by atoms with E-state index in [1.165, 1.54) is 4.88 Å². The van der Waals surface area contributed by atoms with Gasteiger partial charge in [-0.05, 0) is 47.5 Å². The van der Waals surface area contributed by atoms with Crippen molar-refractivity contribution in [1.29, 1.82) is 0 Å².